The molecule has 2 aromatic rings. The minimum absolute atomic E-state index is 0. The van der Waals surface area contributed by atoms with Crippen LogP contribution in [-0.2, 0) is 9.59 Å². The van der Waals surface area contributed by atoms with E-state index in [0.29, 0.717) is 17.4 Å². The molecule has 2 amide bonds. The van der Waals surface area contributed by atoms with Crippen LogP contribution in [0, 0.1) is 12.8 Å². The molecule has 0 aliphatic rings. The first kappa shape index (κ1) is 20.6. The number of carbonyl (C=O) groups excluding carboxylic acids is 2. The highest BCUT2D eigenvalue weighted by atomic mass is 35.5. The Bertz CT molecular complexity index is 732. The van der Waals surface area contributed by atoms with Crippen molar-refractivity contribution < 1.29 is 14.1 Å². The molecule has 0 unspecified atom stereocenters. The first-order valence-electron chi connectivity index (χ1n) is 7.60. The summed E-state index contributed by atoms with van der Waals surface area (Å²) in [4.78, 5) is 27.8. The van der Waals surface area contributed by atoms with Gasteiger partial charge in [-0.15, -0.1) is 12.4 Å². The fourth-order valence-electron chi connectivity index (χ4n) is 1.95. The number of rotatable bonds is 6. The van der Waals surface area contributed by atoms with E-state index in [2.05, 4.69) is 20.8 Å². The lowest BCUT2D eigenvalue weighted by molar-refractivity contribution is -0.125. The van der Waals surface area contributed by atoms with Crippen LogP contribution in [0.1, 0.15) is 19.7 Å². The Hall–Kier alpha value is -2.45. The van der Waals surface area contributed by atoms with Crippen LogP contribution in [0.2, 0.25) is 0 Å². The van der Waals surface area contributed by atoms with Crippen LogP contribution in [0.15, 0.2) is 28.8 Å². The first-order valence-corrected chi connectivity index (χ1v) is 7.60. The number of halogens is 1. The van der Waals surface area contributed by atoms with Crippen molar-refractivity contribution in [2.24, 2.45) is 11.7 Å². The first-order chi connectivity index (χ1) is 11.4. The molecule has 8 nitrogen and oxygen atoms in total. The Labute approximate surface area is 152 Å². The van der Waals surface area contributed by atoms with Crippen LogP contribution in [0.4, 0.5) is 5.69 Å². The molecule has 1 heterocycles. The monoisotopic (exact) mass is 367 g/mol. The highest BCUT2D eigenvalue weighted by Crippen LogP contribution is 2.19. The summed E-state index contributed by atoms with van der Waals surface area (Å²) < 4.78 is 4.94. The number of amides is 2. The van der Waals surface area contributed by atoms with Crippen molar-refractivity contribution in [1.82, 2.24) is 15.5 Å². The second-order valence-corrected chi connectivity index (χ2v) is 5.75. The van der Waals surface area contributed by atoms with Gasteiger partial charge in [0.25, 0.3) is 0 Å². The largest absolute Gasteiger partial charge is 0.346 e. The molecule has 1 aromatic heterocycles. The molecule has 0 fully saturated rings. The molecule has 25 heavy (non-hydrogen) atoms. The van der Waals surface area contributed by atoms with E-state index >= 15 is 0 Å². The zero-order valence-corrected chi connectivity index (χ0v) is 15.1. The van der Waals surface area contributed by atoms with Crippen LogP contribution < -0.4 is 16.4 Å². The predicted octanol–water partition coefficient (Wildman–Crippen LogP) is 1.50. The van der Waals surface area contributed by atoms with Crippen molar-refractivity contribution in [3.63, 3.8) is 0 Å². The fraction of sp³-hybridized carbons (Fsp3) is 0.375. The summed E-state index contributed by atoms with van der Waals surface area (Å²) in [5.74, 6) is 0.212. The van der Waals surface area contributed by atoms with E-state index in [1.54, 1.807) is 25.1 Å². The molecule has 1 aromatic carbocycles. The van der Waals surface area contributed by atoms with Crippen LogP contribution in [0.5, 0.6) is 0 Å². The number of nitrogens with one attached hydrogen (secondary N) is 2. The van der Waals surface area contributed by atoms with Gasteiger partial charge in [0, 0.05) is 18.2 Å². The third kappa shape index (κ3) is 5.84. The van der Waals surface area contributed by atoms with Gasteiger partial charge in [-0.1, -0.05) is 31.1 Å². The van der Waals surface area contributed by atoms with E-state index in [1.807, 2.05) is 19.9 Å². The number of nitrogens with two attached hydrogens (primary N) is 1. The van der Waals surface area contributed by atoms with E-state index in [-0.39, 0.29) is 36.7 Å². The quantitative estimate of drug-likeness (QED) is 0.711. The van der Waals surface area contributed by atoms with E-state index in [1.165, 1.54) is 0 Å². The lowest BCUT2D eigenvalue weighted by Gasteiger charge is -2.15. The SMILES string of the molecule is Cc1nc(-c2cccc(NC(=O)CNC(=O)[C@@H](N)C(C)C)c2)no1.Cl. The number of nitrogens with zero attached hydrogens (tertiary/aromatic N) is 2. The van der Waals surface area contributed by atoms with Crippen molar-refractivity contribution in [3.05, 3.63) is 30.2 Å². The number of benzene rings is 1. The molecule has 0 radical (unpaired) electrons. The zero-order chi connectivity index (χ0) is 17.7. The maximum Gasteiger partial charge on any atom is 0.243 e. The summed E-state index contributed by atoms with van der Waals surface area (Å²) in [6.45, 7) is 5.24. The Balaban J connectivity index is 0.00000312. The molecule has 1 atom stereocenters. The Morgan fingerprint density at radius 2 is 2.04 bits per heavy atom. The van der Waals surface area contributed by atoms with E-state index in [4.69, 9.17) is 10.3 Å². The third-order valence-electron chi connectivity index (χ3n) is 3.38. The smallest absolute Gasteiger partial charge is 0.243 e. The molecule has 4 N–H and O–H groups in total. The van der Waals surface area contributed by atoms with Gasteiger partial charge in [0.1, 0.15) is 0 Å². The van der Waals surface area contributed by atoms with Crippen molar-refractivity contribution >= 4 is 29.9 Å². The fourth-order valence-corrected chi connectivity index (χ4v) is 1.95. The maximum absolute atomic E-state index is 11.9. The average Bonchev–Trinajstić information content (AvgIpc) is 2.98. The van der Waals surface area contributed by atoms with Crippen molar-refractivity contribution in [2.75, 3.05) is 11.9 Å². The summed E-state index contributed by atoms with van der Waals surface area (Å²) in [6, 6.07) is 6.40. The molecule has 0 saturated carbocycles. The molecule has 0 bridgehead atoms. The molecular weight excluding hydrogens is 346 g/mol. The topological polar surface area (TPSA) is 123 Å². The van der Waals surface area contributed by atoms with Crippen LogP contribution in [0.3, 0.4) is 0 Å². The summed E-state index contributed by atoms with van der Waals surface area (Å²) in [5.41, 5.74) is 7.01. The minimum atomic E-state index is -0.636. The van der Waals surface area contributed by atoms with Crippen molar-refractivity contribution in [3.8, 4) is 11.4 Å². The Kier molecular flexibility index (Phi) is 7.53. The molecule has 0 aliphatic heterocycles. The summed E-state index contributed by atoms with van der Waals surface area (Å²) in [6.07, 6.45) is 0. The zero-order valence-electron chi connectivity index (χ0n) is 14.3. The van der Waals surface area contributed by atoms with E-state index in [9.17, 15) is 9.59 Å². The van der Waals surface area contributed by atoms with Crippen LogP contribution in [-0.4, -0.2) is 34.5 Å². The molecule has 2 rings (SSSR count). The lowest BCUT2D eigenvalue weighted by atomic mass is 10.1. The molecule has 0 spiro atoms. The van der Waals surface area contributed by atoms with Gasteiger partial charge < -0.3 is 20.9 Å². The van der Waals surface area contributed by atoms with Gasteiger partial charge in [0.15, 0.2) is 0 Å². The summed E-state index contributed by atoms with van der Waals surface area (Å²) in [5, 5.41) is 9.05. The van der Waals surface area contributed by atoms with Gasteiger partial charge in [-0.3, -0.25) is 9.59 Å². The lowest BCUT2D eigenvalue weighted by Crippen LogP contribution is -2.46. The molecule has 0 saturated heterocycles. The standard InChI is InChI=1S/C16H21N5O3.ClH/c1-9(2)14(17)16(23)18-8-13(22)20-12-6-4-5-11(7-12)15-19-10(3)24-21-15;/h4-7,9,14H,8,17H2,1-3H3,(H,18,23)(H,20,22);1H/t14-;/m0./s1. The van der Waals surface area contributed by atoms with Gasteiger partial charge >= 0.3 is 0 Å². The number of aryl methyl sites for hydroxylation is 1. The second kappa shape index (κ2) is 9.14. The number of anilines is 1. The highest BCUT2D eigenvalue weighted by molar-refractivity contribution is 5.95. The summed E-state index contributed by atoms with van der Waals surface area (Å²) >= 11 is 0. The number of aromatic nitrogens is 2. The van der Waals surface area contributed by atoms with Gasteiger partial charge in [-0.2, -0.15) is 4.98 Å². The second-order valence-electron chi connectivity index (χ2n) is 5.75. The van der Waals surface area contributed by atoms with Gasteiger partial charge in [-0.05, 0) is 18.1 Å². The van der Waals surface area contributed by atoms with E-state index < -0.39 is 6.04 Å². The maximum atomic E-state index is 11.9. The third-order valence-corrected chi connectivity index (χ3v) is 3.38. The minimum Gasteiger partial charge on any atom is -0.346 e. The van der Waals surface area contributed by atoms with Crippen molar-refractivity contribution in [2.45, 2.75) is 26.8 Å². The predicted molar refractivity (Wildman–Crippen MR) is 96.2 cm³/mol. The number of hydrogen-bond acceptors (Lipinski definition) is 6. The number of hydrogen-bond donors (Lipinski definition) is 3. The molecule has 0 aliphatic carbocycles. The molecular formula is C16H22ClN5O3. The van der Waals surface area contributed by atoms with E-state index in [0.717, 1.165) is 5.56 Å². The van der Waals surface area contributed by atoms with Gasteiger partial charge in [0.2, 0.25) is 23.5 Å². The van der Waals surface area contributed by atoms with Crippen molar-refractivity contribution in [1.29, 1.82) is 0 Å². The van der Waals surface area contributed by atoms with Crippen LogP contribution in [0.25, 0.3) is 11.4 Å². The van der Waals surface area contributed by atoms with Gasteiger partial charge in [0.05, 0.1) is 12.6 Å². The van der Waals surface area contributed by atoms with Gasteiger partial charge in [-0.25, -0.2) is 0 Å². The van der Waals surface area contributed by atoms with Crippen LogP contribution >= 0.6 is 12.4 Å². The summed E-state index contributed by atoms with van der Waals surface area (Å²) in [7, 11) is 0. The normalized spacial score (nSPS) is 11.6. The number of carbonyl (C=O) groups is 2. The molecule has 9 heteroatoms. The average molecular weight is 368 g/mol. The Morgan fingerprint density at radius 3 is 2.64 bits per heavy atom. The molecule has 136 valence electrons. The Morgan fingerprint density at radius 1 is 1.32 bits per heavy atom. The highest BCUT2D eigenvalue weighted by Gasteiger charge is 2.17.